The molecule has 0 saturated carbocycles. The highest BCUT2D eigenvalue weighted by atomic mass is 16.4. The molecule has 6 nitrogen and oxygen atoms in total. The number of aryl methyl sites for hydroxylation is 2. The van der Waals surface area contributed by atoms with Gasteiger partial charge in [0.25, 0.3) is 0 Å². The fraction of sp³-hybridized carbons (Fsp3) is 0.533. The van der Waals surface area contributed by atoms with Crippen molar-refractivity contribution in [3.8, 4) is 0 Å². The van der Waals surface area contributed by atoms with Crippen molar-refractivity contribution < 1.29 is 9.90 Å². The van der Waals surface area contributed by atoms with Crippen LogP contribution in [0.25, 0.3) is 5.78 Å². The average molecular weight is 288 g/mol. The van der Waals surface area contributed by atoms with Crippen molar-refractivity contribution >= 4 is 11.7 Å². The van der Waals surface area contributed by atoms with Crippen LogP contribution < -0.4 is 0 Å². The first-order valence-corrected chi connectivity index (χ1v) is 7.31. The standard InChI is InChI=1S/C15H20N4O2/c1-10-6-11(2)19-9-12(17-15(19)16-10)8-18-5-3-4-13(18)7-14(20)21/h6,9,13H,3-5,7-8H2,1-2H3,(H,20,21). The molecule has 0 radical (unpaired) electrons. The maximum absolute atomic E-state index is 10.9. The van der Waals surface area contributed by atoms with E-state index < -0.39 is 5.97 Å². The van der Waals surface area contributed by atoms with Crippen LogP contribution in [-0.2, 0) is 11.3 Å². The topological polar surface area (TPSA) is 70.7 Å². The lowest BCUT2D eigenvalue weighted by molar-refractivity contribution is -0.138. The number of rotatable bonds is 4. The van der Waals surface area contributed by atoms with Gasteiger partial charge in [0.15, 0.2) is 0 Å². The van der Waals surface area contributed by atoms with Crippen LogP contribution in [0.3, 0.4) is 0 Å². The van der Waals surface area contributed by atoms with E-state index >= 15 is 0 Å². The Morgan fingerprint density at radius 3 is 3.00 bits per heavy atom. The van der Waals surface area contributed by atoms with Crippen LogP contribution in [0.2, 0.25) is 0 Å². The molecule has 6 heteroatoms. The molecule has 2 aromatic heterocycles. The van der Waals surface area contributed by atoms with Crippen molar-refractivity contribution in [2.45, 2.75) is 45.7 Å². The second-order valence-electron chi connectivity index (χ2n) is 5.81. The molecule has 1 fully saturated rings. The third-order valence-electron chi connectivity index (χ3n) is 4.09. The SMILES string of the molecule is Cc1cc(C)n2cc(CN3CCCC3CC(=O)O)nc2n1. The lowest BCUT2D eigenvalue weighted by Gasteiger charge is -2.21. The molecule has 3 rings (SSSR count). The number of carboxylic acids is 1. The third-order valence-corrected chi connectivity index (χ3v) is 4.09. The molecule has 0 aromatic carbocycles. The van der Waals surface area contributed by atoms with Crippen molar-refractivity contribution in [2.75, 3.05) is 6.54 Å². The Morgan fingerprint density at radius 2 is 2.24 bits per heavy atom. The summed E-state index contributed by atoms with van der Waals surface area (Å²) in [5, 5.41) is 8.98. The van der Waals surface area contributed by atoms with Crippen molar-refractivity contribution in [3.63, 3.8) is 0 Å². The predicted molar refractivity (Wildman–Crippen MR) is 78.1 cm³/mol. The molecule has 1 saturated heterocycles. The molecule has 1 aliphatic heterocycles. The van der Waals surface area contributed by atoms with Gasteiger partial charge in [-0.2, -0.15) is 0 Å². The summed E-state index contributed by atoms with van der Waals surface area (Å²) in [6, 6.07) is 2.16. The number of nitrogens with zero attached hydrogens (tertiary/aromatic N) is 4. The summed E-state index contributed by atoms with van der Waals surface area (Å²) in [6.45, 7) is 5.64. The van der Waals surface area contributed by atoms with Gasteiger partial charge < -0.3 is 5.11 Å². The lowest BCUT2D eigenvalue weighted by atomic mass is 10.1. The Balaban J connectivity index is 1.81. The van der Waals surface area contributed by atoms with Gasteiger partial charge in [-0.05, 0) is 39.3 Å². The Labute approximate surface area is 123 Å². The van der Waals surface area contributed by atoms with E-state index in [2.05, 4.69) is 14.9 Å². The zero-order chi connectivity index (χ0) is 15.0. The number of fused-ring (bicyclic) bond motifs is 1. The number of aliphatic carboxylic acids is 1. The summed E-state index contributed by atoms with van der Waals surface area (Å²) in [4.78, 5) is 22.2. The minimum absolute atomic E-state index is 0.128. The zero-order valence-corrected chi connectivity index (χ0v) is 12.4. The van der Waals surface area contributed by atoms with E-state index in [1.165, 1.54) is 0 Å². The van der Waals surface area contributed by atoms with Gasteiger partial charge in [0.1, 0.15) is 0 Å². The zero-order valence-electron chi connectivity index (χ0n) is 12.4. The van der Waals surface area contributed by atoms with Gasteiger partial charge in [-0.1, -0.05) is 0 Å². The van der Waals surface area contributed by atoms with Crippen LogP contribution >= 0.6 is 0 Å². The maximum Gasteiger partial charge on any atom is 0.304 e. The van der Waals surface area contributed by atoms with Crippen LogP contribution in [0.1, 0.15) is 36.3 Å². The van der Waals surface area contributed by atoms with E-state index in [-0.39, 0.29) is 12.5 Å². The Kier molecular flexibility index (Phi) is 3.63. The number of carboxylic acid groups (broad SMARTS) is 1. The van der Waals surface area contributed by atoms with Crippen LogP contribution in [-0.4, -0.2) is 42.9 Å². The van der Waals surface area contributed by atoms with Crippen LogP contribution in [0, 0.1) is 13.8 Å². The predicted octanol–water partition coefficient (Wildman–Crippen LogP) is 1.79. The molecule has 0 bridgehead atoms. The van der Waals surface area contributed by atoms with Gasteiger partial charge in [-0.15, -0.1) is 0 Å². The van der Waals surface area contributed by atoms with Crippen LogP contribution in [0.5, 0.6) is 0 Å². The Hall–Kier alpha value is -1.95. The first kappa shape index (κ1) is 14.0. The first-order chi connectivity index (χ1) is 10.0. The Morgan fingerprint density at radius 1 is 1.43 bits per heavy atom. The van der Waals surface area contributed by atoms with E-state index in [0.29, 0.717) is 6.54 Å². The lowest BCUT2D eigenvalue weighted by Crippen LogP contribution is -2.30. The number of hydrogen-bond donors (Lipinski definition) is 1. The normalized spacial score (nSPS) is 19.4. The summed E-state index contributed by atoms with van der Waals surface area (Å²) in [5.74, 6) is -0.00785. The summed E-state index contributed by atoms with van der Waals surface area (Å²) in [6.07, 6.45) is 4.23. The quantitative estimate of drug-likeness (QED) is 0.928. The summed E-state index contributed by atoms with van der Waals surface area (Å²) in [7, 11) is 0. The minimum atomic E-state index is -0.727. The number of likely N-dealkylation sites (tertiary alicyclic amines) is 1. The van der Waals surface area contributed by atoms with Crippen LogP contribution in [0.4, 0.5) is 0 Å². The van der Waals surface area contributed by atoms with Gasteiger partial charge in [-0.25, -0.2) is 9.97 Å². The van der Waals surface area contributed by atoms with Gasteiger partial charge in [0.2, 0.25) is 5.78 Å². The van der Waals surface area contributed by atoms with Gasteiger partial charge >= 0.3 is 5.97 Å². The van der Waals surface area contributed by atoms with E-state index in [0.717, 1.165) is 42.2 Å². The molecule has 0 aliphatic carbocycles. The molecule has 0 spiro atoms. The van der Waals surface area contributed by atoms with Gasteiger partial charge in [-0.3, -0.25) is 14.1 Å². The molecule has 21 heavy (non-hydrogen) atoms. The van der Waals surface area contributed by atoms with Gasteiger partial charge in [0, 0.05) is 30.2 Å². The number of hydrogen-bond acceptors (Lipinski definition) is 4. The van der Waals surface area contributed by atoms with Crippen LogP contribution in [0.15, 0.2) is 12.3 Å². The molecular weight excluding hydrogens is 268 g/mol. The van der Waals surface area contributed by atoms with Crippen molar-refractivity contribution in [1.29, 1.82) is 0 Å². The molecule has 1 unspecified atom stereocenters. The number of imidazole rings is 1. The average Bonchev–Trinajstić information content (AvgIpc) is 2.96. The molecule has 2 aromatic rings. The Bertz CT molecular complexity index is 680. The molecule has 3 heterocycles. The molecule has 1 aliphatic rings. The van der Waals surface area contributed by atoms with E-state index in [1.54, 1.807) is 0 Å². The summed E-state index contributed by atoms with van der Waals surface area (Å²) >= 11 is 0. The maximum atomic E-state index is 10.9. The minimum Gasteiger partial charge on any atom is -0.481 e. The van der Waals surface area contributed by atoms with E-state index in [9.17, 15) is 4.79 Å². The highest BCUT2D eigenvalue weighted by molar-refractivity contribution is 5.67. The number of aromatic nitrogens is 3. The summed E-state index contributed by atoms with van der Waals surface area (Å²) in [5.41, 5.74) is 3.02. The van der Waals surface area contributed by atoms with Crippen molar-refractivity contribution in [1.82, 2.24) is 19.3 Å². The molecule has 112 valence electrons. The van der Waals surface area contributed by atoms with Gasteiger partial charge in [0.05, 0.1) is 12.1 Å². The molecule has 0 amide bonds. The third kappa shape index (κ3) is 2.90. The van der Waals surface area contributed by atoms with E-state index in [4.69, 9.17) is 5.11 Å². The molecule has 1 N–H and O–H groups in total. The second-order valence-corrected chi connectivity index (χ2v) is 5.81. The highest BCUT2D eigenvalue weighted by Gasteiger charge is 2.27. The summed E-state index contributed by atoms with van der Waals surface area (Å²) < 4.78 is 1.99. The highest BCUT2D eigenvalue weighted by Crippen LogP contribution is 2.22. The first-order valence-electron chi connectivity index (χ1n) is 7.31. The molecule has 1 atom stereocenters. The van der Waals surface area contributed by atoms with Crippen molar-refractivity contribution in [2.24, 2.45) is 0 Å². The smallest absolute Gasteiger partial charge is 0.304 e. The largest absolute Gasteiger partial charge is 0.481 e. The fourth-order valence-electron chi connectivity index (χ4n) is 3.14. The fourth-order valence-corrected chi connectivity index (χ4v) is 3.14. The monoisotopic (exact) mass is 288 g/mol. The molecular formula is C15H20N4O2. The van der Waals surface area contributed by atoms with Crippen molar-refractivity contribution in [3.05, 3.63) is 29.3 Å². The van der Waals surface area contributed by atoms with E-state index in [1.807, 2.05) is 30.5 Å². The number of carbonyl (C=O) groups is 1. The second kappa shape index (κ2) is 5.44.